The Hall–Kier alpha value is -1.83. The molecular formula is C21H30N2. The highest BCUT2D eigenvalue weighted by Crippen LogP contribution is 2.30. The zero-order valence-corrected chi connectivity index (χ0v) is 14.8. The standard InChI is InChI=1S/C21H30N2/c1-15(2)20-7-5-6-19(21(20)22)14-23-17(4)10-13-18-11-8-16(3)9-12-18/h5-7,10,14,16,18H,1,8-9,11-13,22H2,2-4H3/b17-10+,23-14?. The van der Waals surface area contributed by atoms with Crippen LogP contribution < -0.4 is 5.73 Å². The van der Waals surface area contributed by atoms with Crippen molar-refractivity contribution in [2.75, 3.05) is 5.73 Å². The molecule has 1 aromatic carbocycles. The number of nitrogen functional groups attached to an aromatic ring is 1. The predicted molar refractivity (Wildman–Crippen MR) is 103 cm³/mol. The van der Waals surface area contributed by atoms with Crippen LogP contribution in [0.15, 0.2) is 41.5 Å². The van der Waals surface area contributed by atoms with Gasteiger partial charge in [0.15, 0.2) is 0 Å². The van der Waals surface area contributed by atoms with E-state index in [0.717, 1.165) is 46.3 Å². The second kappa shape index (κ2) is 8.14. The van der Waals surface area contributed by atoms with Crippen LogP contribution in [0.25, 0.3) is 5.57 Å². The lowest BCUT2D eigenvalue weighted by Crippen LogP contribution is -2.11. The van der Waals surface area contributed by atoms with Gasteiger partial charge in [-0.2, -0.15) is 0 Å². The molecular weight excluding hydrogens is 280 g/mol. The topological polar surface area (TPSA) is 38.4 Å². The predicted octanol–water partition coefficient (Wildman–Crippen LogP) is 5.84. The first-order valence-corrected chi connectivity index (χ1v) is 8.72. The van der Waals surface area contributed by atoms with Crippen LogP contribution in [0.4, 0.5) is 5.69 Å². The van der Waals surface area contributed by atoms with Crippen LogP contribution in [-0.4, -0.2) is 6.21 Å². The van der Waals surface area contributed by atoms with Crippen molar-refractivity contribution in [3.05, 3.63) is 47.7 Å². The van der Waals surface area contributed by atoms with Crippen molar-refractivity contribution in [2.24, 2.45) is 16.8 Å². The van der Waals surface area contributed by atoms with Crippen LogP contribution in [0.3, 0.4) is 0 Å². The average Bonchev–Trinajstić information content (AvgIpc) is 2.53. The summed E-state index contributed by atoms with van der Waals surface area (Å²) in [4.78, 5) is 4.58. The number of rotatable bonds is 5. The summed E-state index contributed by atoms with van der Waals surface area (Å²) in [6, 6.07) is 6.01. The van der Waals surface area contributed by atoms with E-state index in [-0.39, 0.29) is 0 Å². The van der Waals surface area contributed by atoms with E-state index in [1.54, 1.807) is 0 Å². The van der Waals surface area contributed by atoms with Crippen LogP contribution in [-0.2, 0) is 0 Å². The second-order valence-electron chi connectivity index (χ2n) is 7.05. The number of nitrogens with zero attached hydrogens (tertiary/aromatic N) is 1. The molecule has 2 N–H and O–H groups in total. The molecule has 0 aliphatic heterocycles. The summed E-state index contributed by atoms with van der Waals surface area (Å²) in [6.45, 7) is 10.4. The first-order valence-electron chi connectivity index (χ1n) is 8.72. The molecule has 1 saturated carbocycles. The Morgan fingerprint density at radius 2 is 1.96 bits per heavy atom. The molecule has 2 rings (SSSR count). The van der Waals surface area contributed by atoms with E-state index in [1.807, 2.05) is 31.3 Å². The number of para-hydroxylation sites is 1. The maximum Gasteiger partial charge on any atom is 0.0479 e. The Bertz CT molecular complexity index is 602. The highest BCUT2D eigenvalue weighted by atomic mass is 14.7. The van der Waals surface area contributed by atoms with E-state index in [9.17, 15) is 0 Å². The molecule has 0 amide bonds. The molecule has 124 valence electrons. The second-order valence-corrected chi connectivity index (χ2v) is 7.05. The van der Waals surface area contributed by atoms with Crippen LogP contribution >= 0.6 is 0 Å². The van der Waals surface area contributed by atoms with E-state index < -0.39 is 0 Å². The number of hydrogen-bond donors (Lipinski definition) is 1. The maximum absolute atomic E-state index is 6.20. The molecule has 23 heavy (non-hydrogen) atoms. The van der Waals surface area contributed by atoms with E-state index in [0.29, 0.717) is 0 Å². The van der Waals surface area contributed by atoms with Crippen LogP contribution in [0.5, 0.6) is 0 Å². The van der Waals surface area contributed by atoms with Crippen molar-refractivity contribution in [3.63, 3.8) is 0 Å². The van der Waals surface area contributed by atoms with Crippen LogP contribution in [0.2, 0.25) is 0 Å². The molecule has 1 aromatic rings. The van der Waals surface area contributed by atoms with Gasteiger partial charge in [-0.15, -0.1) is 0 Å². The van der Waals surface area contributed by atoms with Gasteiger partial charge in [0.25, 0.3) is 0 Å². The van der Waals surface area contributed by atoms with Crippen molar-refractivity contribution in [1.29, 1.82) is 0 Å². The van der Waals surface area contributed by atoms with Gasteiger partial charge >= 0.3 is 0 Å². The summed E-state index contributed by atoms with van der Waals surface area (Å²) in [5.74, 6) is 1.76. The number of benzene rings is 1. The molecule has 2 heteroatoms. The third-order valence-electron chi connectivity index (χ3n) is 4.89. The minimum atomic E-state index is 0.762. The highest BCUT2D eigenvalue weighted by molar-refractivity contribution is 5.91. The lowest BCUT2D eigenvalue weighted by atomic mass is 9.81. The summed E-state index contributed by atoms with van der Waals surface area (Å²) >= 11 is 0. The summed E-state index contributed by atoms with van der Waals surface area (Å²) in [7, 11) is 0. The quantitative estimate of drug-likeness (QED) is 0.538. The van der Waals surface area contributed by atoms with Crippen molar-refractivity contribution < 1.29 is 0 Å². The fourth-order valence-electron chi connectivity index (χ4n) is 3.19. The zero-order valence-electron chi connectivity index (χ0n) is 14.8. The van der Waals surface area contributed by atoms with Crippen molar-refractivity contribution in [2.45, 2.75) is 52.9 Å². The van der Waals surface area contributed by atoms with Gasteiger partial charge < -0.3 is 5.73 Å². The fraction of sp³-hybridized carbons (Fsp3) is 0.476. The maximum atomic E-state index is 6.20. The number of nitrogens with two attached hydrogens (primary N) is 1. The monoisotopic (exact) mass is 310 g/mol. The third-order valence-corrected chi connectivity index (χ3v) is 4.89. The van der Waals surface area contributed by atoms with Gasteiger partial charge in [0.2, 0.25) is 0 Å². The summed E-state index contributed by atoms with van der Waals surface area (Å²) in [5.41, 5.74) is 11.0. The molecule has 1 fully saturated rings. The SMILES string of the molecule is C=C(C)c1cccc(C=N/C(C)=C/CC2CCC(C)CC2)c1N. The lowest BCUT2D eigenvalue weighted by Gasteiger charge is -2.25. The highest BCUT2D eigenvalue weighted by Gasteiger charge is 2.16. The minimum absolute atomic E-state index is 0.762. The molecule has 0 atom stereocenters. The third kappa shape index (κ3) is 5.09. The summed E-state index contributed by atoms with van der Waals surface area (Å²) < 4.78 is 0. The van der Waals surface area contributed by atoms with Gasteiger partial charge in [-0.3, -0.25) is 4.99 Å². The summed E-state index contributed by atoms with van der Waals surface area (Å²) in [6.07, 6.45) is 10.8. The normalized spacial score (nSPS) is 22.5. The zero-order chi connectivity index (χ0) is 16.8. The Kier molecular flexibility index (Phi) is 6.20. The number of anilines is 1. The number of aliphatic imine (C=N–C) groups is 1. The average molecular weight is 310 g/mol. The van der Waals surface area contributed by atoms with E-state index in [2.05, 4.69) is 31.5 Å². The first kappa shape index (κ1) is 17.5. The van der Waals surface area contributed by atoms with Crippen molar-refractivity contribution in [3.8, 4) is 0 Å². The minimum Gasteiger partial charge on any atom is -0.398 e. The molecule has 2 nitrogen and oxygen atoms in total. The van der Waals surface area contributed by atoms with E-state index in [1.165, 1.54) is 25.7 Å². The van der Waals surface area contributed by atoms with Gasteiger partial charge in [-0.05, 0) is 50.5 Å². The van der Waals surface area contributed by atoms with Crippen molar-refractivity contribution >= 4 is 17.5 Å². The van der Waals surface area contributed by atoms with Gasteiger partial charge in [0, 0.05) is 28.7 Å². The van der Waals surface area contributed by atoms with E-state index in [4.69, 9.17) is 5.73 Å². The van der Waals surface area contributed by atoms with E-state index >= 15 is 0 Å². The molecule has 1 aliphatic rings. The largest absolute Gasteiger partial charge is 0.398 e. The molecule has 0 radical (unpaired) electrons. The van der Waals surface area contributed by atoms with Crippen LogP contribution in [0.1, 0.15) is 64.0 Å². The molecule has 1 aliphatic carbocycles. The summed E-state index contributed by atoms with van der Waals surface area (Å²) in [5, 5.41) is 0. The Morgan fingerprint density at radius 1 is 1.26 bits per heavy atom. The van der Waals surface area contributed by atoms with Gasteiger partial charge in [-0.25, -0.2) is 0 Å². The van der Waals surface area contributed by atoms with Gasteiger partial charge in [0.05, 0.1) is 0 Å². The van der Waals surface area contributed by atoms with Crippen LogP contribution in [0, 0.1) is 11.8 Å². The molecule has 0 spiro atoms. The molecule has 0 saturated heterocycles. The Morgan fingerprint density at radius 3 is 2.61 bits per heavy atom. The van der Waals surface area contributed by atoms with Crippen molar-refractivity contribution in [1.82, 2.24) is 0 Å². The number of allylic oxidation sites excluding steroid dienone is 3. The Balaban J connectivity index is 1.98. The molecule has 0 heterocycles. The number of hydrogen-bond acceptors (Lipinski definition) is 2. The lowest BCUT2D eigenvalue weighted by molar-refractivity contribution is 0.291. The Labute approximate surface area is 141 Å². The van der Waals surface area contributed by atoms with Gasteiger partial charge in [0.1, 0.15) is 0 Å². The fourth-order valence-corrected chi connectivity index (χ4v) is 3.19. The first-order chi connectivity index (χ1) is 11.0. The molecule has 0 aromatic heterocycles. The molecule has 0 bridgehead atoms. The molecule has 0 unspecified atom stereocenters. The van der Waals surface area contributed by atoms with Gasteiger partial charge in [-0.1, -0.05) is 50.6 Å². The smallest absolute Gasteiger partial charge is 0.0479 e.